The first-order valence-electron chi connectivity index (χ1n) is 8.37. The van der Waals surface area contributed by atoms with Gasteiger partial charge in [-0.05, 0) is 37.1 Å². The lowest BCUT2D eigenvalue weighted by Crippen LogP contribution is -2.44. The van der Waals surface area contributed by atoms with Gasteiger partial charge >= 0.3 is 12.2 Å². The van der Waals surface area contributed by atoms with E-state index >= 15 is 0 Å². The number of piperidine rings is 1. The van der Waals surface area contributed by atoms with Gasteiger partial charge in [0, 0.05) is 24.4 Å². The summed E-state index contributed by atoms with van der Waals surface area (Å²) in [5.74, 6) is 0.0213. The van der Waals surface area contributed by atoms with Crippen molar-refractivity contribution in [2.45, 2.75) is 25.1 Å². The first-order chi connectivity index (χ1) is 12.9. The fourth-order valence-corrected chi connectivity index (χ4v) is 2.86. The summed E-state index contributed by atoms with van der Waals surface area (Å²) < 4.78 is 48.7. The van der Waals surface area contributed by atoms with Crippen LogP contribution in [0, 0.1) is 0 Å². The number of amides is 1. The van der Waals surface area contributed by atoms with Crippen molar-refractivity contribution >= 4 is 5.91 Å². The second-order valence-electron chi connectivity index (χ2n) is 6.09. The monoisotopic (exact) mass is 381 g/mol. The number of benzene rings is 1. The normalized spacial score (nSPS) is 17.5. The van der Waals surface area contributed by atoms with Gasteiger partial charge < -0.3 is 14.4 Å². The second kappa shape index (κ2) is 7.81. The topological polar surface area (TPSA) is 64.6 Å². The summed E-state index contributed by atoms with van der Waals surface area (Å²) in [5.41, 5.74) is -0.566. The lowest BCUT2D eigenvalue weighted by Gasteiger charge is -2.32. The Bertz CT molecular complexity index is 796. The van der Waals surface area contributed by atoms with Crippen molar-refractivity contribution in [2.75, 3.05) is 20.2 Å². The highest BCUT2D eigenvalue weighted by Crippen LogP contribution is 2.29. The van der Waals surface area contributed by atoms with Gasteiger partial charge in [0.15, 0.2) is 0 Å². The van der Waals surface area contributed by atoms with E-state index in [1.807, 2.05) is 0 Å². The highest BCUT2D eigenvalue weighted by molar-refractivity contribution is 5.94. The molecule has 144 valence electrons. The highest BCUT2D eigenvalue weighted by Gasteiger charge is 2.31. The van der Waals surface area contributed by atoms with Gasteiger partial charge in [-0.15, -0.1) is 0 Å². The summed E-state index contributed by atoms with van der Waals surface area (Å²) in [5, 5.41) is 0. The molecule has 0 radical (unpaired) electrons. The molecule has 1 saturated heterocycles. The lowest BCUT2D eigenvalue weighted by molar-refractivity contribution is -0.137. The Morgan fingerprint density at radius 1 is 1.22 bits per heavy atom. The van der Waals surface area contributed by atoms with Gasteiger partial charge in [-0.2, -0.15) is 18.2 Å². The molecule has 9 heteroatoms. The molecule has 0 aliphatic carbocycles. The summed E-state index contributed by atoms with van der Waals surface area (Å²) in [6.07, 6.45) is -1.72. The zero-order chi connectivity index (χ0) is 19.4. The van der Waals surface area contributed by atoms with E-state index in [1.165, 1.54) is 25.4 Å². The Hall–Kier alpha value is -2.84. The smallest absolute Gasteiger partial charge is 0.416 e. The predicted molar refractivity (Wildman–Crippen MR) is 89.6 cm³/mol. The molecule has 0 N–H and O–H groups in total. The van der Waals surface area contributed by atoms with E-state index in [4.69, 9.17) is 9.47 Å². The van der Waals surface area contributed by atoms with E-state index in [9.17, 15) is 18.0 Å². The fourth-order valence-electron chi connectivity index (χ4n) is 2.86. The molecule has 2 heterocycles. The number of aromatic nitrogens is 2. The minimum absolute atomic E-state index is 0.181. The SMILES string of the molecule is COc1nccc(OC2CCCN(C(=O)c3ccc(C(F)(F)F)cc3)C2)n1. The number of carbonyl (C=O) groups is 1. The van der Waals surface area contributed by atoms with Crippen LogP contribution in [-0.2, 0) is 6.18 Å². The molecule has 1 fully saturated rings. The molecule has 3 rings (SSSR count). The first kappa shape index (κ1) is 18.9. The van der Waals surface area contributed by atoms with E-state index in [-0.39, 0.29) is 23.6 Å². The minimum atomic E-state index is -4.43. The Morgan fingerprint density at radius 2 is 1.96 bits per heavy atom. The van der Waals surface area contributed by atoms with Crippen LogP contribution in [0.4, 0.5) is 13.2 Å². The Morgan fingerprint density at radius 3 is 2.63 bits per heavy atom. The van der Waals surface area contributed by atoms with Crippen LogP contribution in [0.15, 0.2) is 36.5 Å². The van der Waals surface area contributed by atoms with Gasteiger partial charge in [-0.1, -0.05) is 0 Å². The molecule has 1 atom stereocenters. The summed E-state index contributed by atoms with van der Waals surface area (Å²) >= 11 is 0. The Balaban J connectivity index is 1.65. The van der Waals surface area contributed by atoms with Crippen molar-refractivity contribution in [1.29, 1.82) is 0 Å². The van der Waals surface area contributed by atoms with E-state index in [2.05, 4.69) is 9.97 Å². The standard InChI is InChI=1S/C18H18F3N3O3/c1-26-17-22-9-8-15(23-17)27-14-3-2-10-24(11-14)16(25)12-4-6-13(7-5-12)18(19,20)21/h4-9,14H,2-3,10-11H2,1H3. The fraction of sp³-hybridized carbons (Fsp3) is 0.389. The van der Waals surface area contributed by atoms with Crippen molar-refractivity contribution in [3.8, 4) is 11.9 Å². The zero-order valence-electron chi connectivity index (χ0n) is 14.6. The molecular weight excluding hydrogens is 363 g/mol. The maximum Gasteiger partial charge on any atom is 0.416 e. The van der Waals surface area contributed by atoms with E-state index < -0.39 is 11.7 Å². The molecule has 1 amide bonds. The summed E-state index contributed by atoms with van der Waals surface area (Å²) in [6, 6.07) is 6.01. The van der Waals surface area contributed by atoms with E-state index in [0.717, 1.165) is 25.0 Å². The second-order valence-corrected chi connectivity index (χ2v) is 6.09. The largest absolute Gasteiger partial charge is 0.472 e. The molecule has 0 bridgehead atoms. The van der Waals surface area contributed by atoms with Crippen molar-refractivity contribution in [2.24, 2.45) is 0 Å². The zero-order valence-corrected chi connectivity index (χ0v) is 14.6. The number of methoxy groups -OCH3 is 1. The molecule has 2 aromatic rings. The number of nitrogens with zero attached hydrogens (tertiary/aromatic N) is 3. The van der Waals surface area contributed by atoms with Crippen LogP contribution in [0.2, 0.25) is 0 Å². The average Bonchev–Trinajstić information content (AvgIpc) is 2.67. The average molecular weight is 381 g/mol. The molecule has 1 aromatic carbocycles. The van der Waals surface area contributed by atoms with Crippen LogP contribution in [0.1, 0.15) is 28.8 Å². The van der Waals surface area contributed by atoms with Crippen LogP contribution in [0.25, 0.3) is 0 Å². The molecule has 6 nitrogen and oxygen atoms in total. The van der Waals surface area contributed by atoms with Gasteiger partial charge in [-0.3, -0.25) is 4.79 Å². The third kappa shape index (κ3) is 4.66. The number of carbonyl (C=O) groups excluding carboxylic acids is 1. The van der Waals surface area contributed by atoms with Crippen LogP contribution in [0.3, 0.4) is 0 Å². The van der Waals surface area contributed by atoms with Gasteiger partial charge in [0.05, 0.1) is 19.2 Å². The summed E-state index contributed by atoms with van der Waals surface area (Å²) in [4.78, 5) is 22.2. The third-order valence-electron chi connectivity index (χ3n) is 4.20. The maximum atomic E-state index is 12.7. The number of hydrogen-bond donors (Lipinski definition) is 0. The Labute approximate surface area is 153 Å². The first-order valence-corrected chi connectivity index (χ1v) is 8.37. The lowest BCUT2D eigenvalue weighted by atomic mass is 10.1. The summed E-state index contributed by atoms with van der Waals surface area (Å²) in [6.45, 7) is 0.846. The molecule has 1 unspecified atom stereocenters. The molecule has 1 aliphatic heterocycles. The summed E-state index contributed by atoms with van der Waals surface area (Å²) in [7, 11) is 1.45. The van der Waals surface area contributed by atoms with Crippen molar-refractivity contribution in [3.63, 3.8) is 0 Å². The number of rotatable bonds is 4. The molecule has 0 saturated carbocycles. The van der Waals surface area contributed by atoms with Crippen molar-refractivity contribution < 1.29 is 27.4 Å². The number of ether oxygens (including phenoxy) is 2. The number of halogens is 3. The van der Waals surface area contributed by atoms with Gasteiger partial charge in [-0.25, -0.2) is 4.98 Å². The third-order valence-corrected chi connectivity index (χ3v) is 4.20. The molecular formula is C18H18F3N3O3. The number of hydrogen-bond acceptors (Lipinski definition) is 5. The van der Waals surface area contributed by atoms with E-state index in [1.54, 1.807) is 11.0 Å². The van der Waals surface area contributed by atoms with Gasteiger partial charge in [0.1, 0.15) is 6.10 Å². The molecule has 0 spiro atoms. The van der Waals surface area contributed by atoms with Crippen LogP contribution in [0.5, 0.6) is 11.9 Å². The Kier molecular flexibility index (Phi) is 5.48. The number of likely N-dealkylation sites (tertiary alicyclic amines) is 1. The van der Waals surface area contributed by atoms with Crippen LogP contribution < -0.4 is 9.47 Å². The molecule has 1 aliphatic rings. The molecule has 1 aromatic heterocycles. The van der Waals surface area contributed by atoms with Crippen LogP contribution in [-0.4, -0.2) is 47.1 Å². The van der Waals surface area contributed by atoms with Crippen molar-refractivity contribution in [3.05, 3.63) is 47.7 Å². The maximum absolute atomic E-state index is 12.7. The highest BCUT2D eigenvalue weighted by atomic mass is 19.4. The van der Waals surface area contributed by atoms with Gasteiger partial charge in [0.2, 0.25) is 5.88 Å². The van der Waals surface area contributed by atoms with E-state index in [0.29, 0.717) is 19.0 Å². The number of alkyl halides is 3. The van der Waals surface area contributed by atoms with Crippen molar-refractivity contribution in [1.82, 2.24) is 14.9 Å². The van der Waals surface area contributed by atoms with Gasteiger partial charge in [0.25, 0.3) is 5.91 Å². The minimum Gasteiger partial charge on any atom is -0.472 e. The quantitative estimate of drug-likeness (QED) is 0.814. The van der Waals surface area contributed by atoms with Crippen LogP contribution >= 0.6 is 0 Å². The molecule has 27 heavy (non-hydrogen) atoms. The predicted octanol–water partition coefficient (Wildman–Crippen LogP) is 3.19.